The van der Waals surface area contributed by atoms with Crippen molar-refractivity contribution < 1.29 is 44.3 Å². The van der Waals surface area contributed by atoms with Crippen LogP contribution in [-0.4, -0.2) is 11.9 Å². The first-order chi connectivity index (χ1) is 9.13. The normalized spacial score (nSPS) is 9.65. The Morgan fingerprint density at radius 1 is 1.05 bits per heavy atom. The molecule has 0 spiro atoms. The summed E-state index contributed by atoms with van der Waals surface area (Å²) in [7, 11) is 0. The third kappa shape index (κ3) is 7.68. The smallest absolute Gasteiger partial charge is 0.545 e. The van der Waals surface area contributed by atoms with Gasteiger partial charge in [-0.15, -0.1) is 0 Å². The number of unbranched alkanes of at least 4 members (excludes halogenated alkanes) is 4. The Labute approximate surface area is 142 Å². The fraction of sp³-hybridized carbons (Fsp3) is 0.467. The first-order valence-electron chi connectivity index (χ1n) is 6.74. The zero-order valence-electron chi connectivity index (χ0n) is 12.3. The number of anilines is 1. The summed E-state index contributed by atoms with van der Waals surface area (Å²) in [6.07, 6.45) is 6.05. The van der Waals surface area contributed by atoms with Gasteiger partial charge in [-0.3, -0.25) is 4.79 Å². The van der Waals surface area contributed by atoms with Gasteiger partial charge in [0.2, 0.25) is 5.91 Å². The van der Waals surface area contributed by atoms with Gasteiger partial charge in [0.05, 0.1) is 5.97 Å². The van der Waals surface area contributed by atoms with Crippen molar-refractivity contribution in [1.82, 2.24) is 0 Å². The quantitative estimate of drug-likeness (QED) is 0.510. The van der Waals surface area contributed by atoms with E-state index in [1.165, 1.54) is 31.4 Å². The number of benzene rings is 1. The molecule has 0 unspecified atom stereocenters. The predicted octanol–water partition coefficient (Wildman–Crippen LogP) is -0.647. The van der Waals surface area contributed by atoms with Crippen LogP contribution in [0.15, 0.2) is 24.3 Å². The molecule has 1 amide bonds. The van der Waals surface area contributed by atoms with Crippen LogP contribution >= 0.6 is 0 Å². The Bertz CT molecular complexity index is 418. The maximum absolute atomic E-state index is 11.6. The molecular weight excluding hydrogens is 265 g/mol. The van der Waals surface area contributed by atoms with E-state index in [2.05, 4.69) is 12.2 Å². The molecule has 0 aliphatic heterocycles. The number of nitrogens with one attached hydrogen (secondary N) is 1. The minimum absolute atomic E-state index is 0. The Hall–Kier alpha value is -0.840. The van der Waals surface area contributed by atoms with Crippen LogP contribution < -0.4 is 40.0 Å². The van der Waals surface area contributed by atoms with Gasteiger partial charge >= 0.3 is 29.6 Å². The molecule has 104 valence electrons. The molecule has 0 heterocycles. The number of amides is 1. The van der Waals surface area contributed by atoms with E-state index in [4.69, 9.17) is 0 Å². The van der Waals surface area contributed by atoms with Gasteiger partial charge in [-0.2, -0.15) is 0 Å². The van der Waals surface area contributed by atoms with Crippen LogP contribution in [0, 0.1) is 0 Å². The van der Waals surface area contributed by atoms with E-state index < -0.39 is 5.97 Å². The molecule has 20 heavy (non-hydrogen) atoms. The summed E-state index contributed by atoms with van der Waals surface area (Å²) in [5, 5.41) is 13.3. The number of carboxylic acid groups (broad SMARTS) is 1. The Balaban J connectivity index is 0.00000361. The summed E-state index contributed by atoms with van der Waals surface area (Å²) in [4.78, 5) is 22.2. The molecule has 0 fully saturated rings. The standard InChI is InChI=1S/C15H21NO3.Na/c1-2-3-4-5-6-7-14(17)16-13-10-8-12(9-11-13)15(18)19;/h8-11H,2-7H2,1H3,(H,16,17)(H,18,19);/q;+1/p-1. The number of hydrogen-bond acceptors (Lipinski definition) is 3. The van der Waals surface area contributed by atoms with Gasteiger partial charge in [0.15, 0.2) is 0 Å². The average Bonchev–Trinajstić information content (AvgIpc) is 2.39. The van der Waals surface area contributed by atoms with Crippen molar-refractivity contribution in [2.24, 2.45) is 0 Å². The SMILES string of the molecule is CCCCCCCC(=O)Nc1ccc(C(=O)[O-])cc1.[Na+]. The summed E-state index contributed by atoms with van der Waals surface area (Å²) in [6.45, 7) is 2.16. The summed E-state index contributed by atoms with van der Waals surface area (Å²) < 4.78 is 0. The average molecular weight is 285 g/mol. The molecular formula is C15H20NNaO3. The molecule has 0 bridgehead atoms. The molecule has 1 N–H and O–H groups in total. The molecule has 4 nitrogen and oxygen atoms in total. The summed E-state index contributed by atoms with van der Waals surface area (Å²) >= 11 is 0. The van der Waals surface area contributed by atoms with E-state index in [9.17, 15) is 14.7 Å². The van der Waals surface area contributed by atoms with E-state index in [0.29, 0.717) is 12.1 Å². The summed E-state index contributed by atoms with van der Waals surface area (Å²) in [6, 6.07) is 5.98. The van der Waals surface area contributed by atoms with Gasteiger partial charge in [-0.25, -0.2) is 0 Å². The van der Waals surface area contributed by atoms with Gasteiger partial charge < -0.3 is 15.2 Å². The zero-order valence-corrected chi connectivity index (χ0v) is 14.3. The number of carboxylic acids is 1. The Morgan fingerprint density at radius 3 is 2.20 bits per heavy atom. The maximum atomic E-state index is 11.6. The van der Waals surface area contributed by atoms with E-state index in [1.54, 1.807) is 12.1 Å². The van der Waals surface area contributed by atoms with Gasteiger partial charge in [0.25, 0.3) is 0 Å². The molecule has 0 radical (unpaired) electrons. The number of aromatic carboxylic acids is 1. The van der Waals surface area contributed by atoms with Crippen molar-refractivity contribution in [3.8, 4) is 0 Å². The molecule has 1 aromatic carbocycles. The molecule has 0 aromatic heterocycles. The van der Waals surface area contributed by atoms with Gasteiger partial charge in [0, 0.05) is 12.1 Å². The van der Waals surface area contributed by atoms with Crippen molar-refractivity contribution >= 4 is 17.6 Å². The first kappa shape index (κ1) is 19.2. The molecule has 1 rings (SSSR count). The maximum Gasteiger partial charge on any atom is 1.00 e. The van der Waals surface area contributed by atoms with Gasteiger partial charge in [0.1, 0.15) is 0 Å². The van der Waals surface area contributed by atoms with Crippen molar-refractivity contribution in [3.63, 3.8) is 0 Å². The van der Waals surface area contributed by atoms with Gasteiger partial charge in [-0.05, 0) is 24.1 Å². The second-order valence-electron chi connectivity index (χ2n) is 4.58. The third-order valence-electron chi connectivity index (χ3n) is 2.91. The molecule has 5 heteroatoms. The molecule has 0 aliphatic carbocycles. The monoisotopic (exact) mass is 285 g/mol. The fourth-order valence-corrected chi connectivity index (χ4v) is 1.80. The van der Waals surface area contributed by atoms with Crippen LogP contribution in [0.4, 0.5) is 5.69 Å². The first-order valence-corrected chi connectivity index (χ1v) is 6.74. The topological polar surface area (TPSA) is 69.2 Å². The van der Waals surface area contributed by atoms with Crippen LogP contribution in [-0.2, 0) is 4.79 Å². The second-order valence-corrected chi connectivity index (χ2v) is 4.58. The van der Waals surface area contributed by atoms with Crippen LogP contribution in [0.2, 0.25) is 0 Å². The van der Waals surface area contributed by atoms with E-state index in [-0.39, 0.29) is 41.0 Å². The van der Waals surface area contributed by atoms with Crippen LogP contribution in [0.25, 0.3) is 0 Å². The predicted molar refractivity (Wildman–Crippen MR) is 72.8 cm³/mol. The molecule has 1 aromatic rings. The molecule has 0 saturated carbocycles. The molecule has 0 aliphatic rings. The van der Waals surface area contributed by atoms with E-state index in [1.807, 2.05) is 0 Å². The number of hydrogen-bond donors (Lipinski definition) is 1. The van der Waals surface area contributed by atoms with Crippen LogP contribution in [0.5, 0.6) is 0 Å². The van der Waals surface area contributed by atoms with Crippen molar-refractivity contribution in [2.45, 2.75) is 45.4 Å². The van der Waals surface area contributed by atoms with Crippen molar-refractivity contribution in [1.29, 1.82) is 0 Å². The van der Waals surface area contributed by atoms with Crippen molar-refractivity contribution in [3.05, 3.63) is 29.8 Å². The minimum Gasteiger partial charge on any atom is -0.545 e. The van der Waals surface area contributed by atoms with Crippen molar-refractivity contribution in [2.75, 3.05) is 5.32 Å². The van der Waals surface area contributed by atoms with E-state index >= 15 is 0 Å². The molecule has 0 atom stereocenters. The number of rotatable bonds is 8. The van der Waals surface area contributed by atoms with Crippen LogP contribution in [0.3, 0.4) is 0 Å². The minimum atomic E-state index is -1.21. The Kier molecular flexibility index (Phi) is 10.4. The third-order valence-corrected chi connectivity index (χ3v) is 2.91. The number of carbonyl (C=O) groups excluding carboxylic acids is 2. The van der Waals surface area contributed by atoms with E-state index in [0.717, 1.165) is 12.8 Å². The van der Waals surface area contributed by atoms with Crippen LogP contribution in [0.1, 0.15) is 55.8 Å². The summed E-state index contributed by atoms with van der Waals surface area (Å²) in [5.74, 6) is -1.24. The molecule has 0 saturated heterocycles. The number of carbonyl (C=O) groups is 2. The second kappa shape index (κ2) is 10.9. The zero-order chi connectivity index (χ0) is 14.1. The summed E-state index contributed by atoms with van der Waals surface area (Å²) in [5.41, 5.74) is 0.723. The fourth-order valence-electron chi connectivity index (χ4n) is 1.80. The Morgan fingerprint density at radius 2 is 1.65 bits per heavy atom. The van der Waals surface area contributed by atoms with Gasteiger partial charge in [-0.1, -0.05) is 44.7 Å². The largest absolute Gasteiger partial charge is 1.00 e.